The van der Waals surface area contributed by atoms with Gasteiger partial charge in [0.25, 0.3) is 0 Å². The molecule has 0 aromatic carbocycles. The van der Waals surface area contributed by atoms with E-state index in [0.29, 0.717) is 11.5 Å². The Kier molecular flexibility index (Phi) is 6.74. The van der Waals surface area contributed by atoms with E-state index in [4.69, 9.17) is 0 Å². The summed E-state index contributed by atoms with van der Waals surface area (Å²) in [5, 5.41) is 7.98. The molecule has 0 radical (unpaired) electrons. The lowest BCUT2D eigenvalue weighted by Crippen LogP contribution is -2.34. The minimum absolute atomic E-state index is 0.388. The van der Waals surface area contributed by atoms with Gasteiger partial charge in [-0.3, -0.25) is 4.68 Å². The number of rotatable bonds is 8. The van der Waals surface area contributed by atoms with Gasteiger partial charge in [-0.1, -0.05) is 34.6 Å². The number of hydrogen-bond acceptors (Lipinski definition) is 2. The molecule has 1 aromatic heterocycles. The van der Waals surface area contributed by atoms with Crippen molar-refractivity contribution in [3.63, 3.8) is 0 Å². The number of nitrogens with zero attached hydrogens (tertiary/aromatic N) is 2. The second kappa shape index (κ2) is 7.82. The van der Waals surface area contributed by atoms with Crippen LogP contribution >= 0.6 is 0 Å². The van der Waals surface area contributed by atoms with E-state index in [-0.39, 0.29) is 0 Å². The molecule has 0 bridgehead atoms. The molecule has 116 valence electrons. The van der Waals surface area contributed by atoms with Gasteiger partial charge < -0.3 is 5.32 Å². The largest absolute Gasteiger partial charge is 0.314 e. The molecule has 2 unspecified atom stereocenters. The molecule has 3 heteroatoms. The average molecular weight is 279 g/mol. The highest BCUT2D eigenvalue weighted by Gasteiger charge is 2.23. The molecular formula is C17H33N3. The van der Waals surface area contributed by atoms with Crippen molar-refractivity contribution in [2.24, 2.45) is 18.4 Å². The Morgan fingerprint density at radius 3 is 2.55 bits per heavy atom. The van der Waals surface area contributed by atoms with Crippen LogP contribution in [-0.2, 0) is 13.5 Å². The van der Waals surface area contributed by atoms with Crippen LogP contribution in [0.5, 0.6) is 0 Å². The minimum atomic E-state index is 0.388. The summed E-state index contributed by atoms with van der Waals surface area (Å²) in [6.07, 6.45) is 6.64. The van der Waals surface area contributed by atoms with Crippen molar-refractivity contribution in [1.29, 1.82) is 0 Å². The van der Waals surface area contributed by atoms with E-state index in [1.807, 2.05) is 17.9 Å². The third-order valence-corrected chi connectivity index (χ3v) is 4.47. The standard InChI is InChI=1S/C17H33N3/c1-7-11-18-15(13-14(2)17(3,4)5)8-9-16-10-12-19-20(16)6/h10,12,14-15,18H,7-9,11,13H2,1-6H3. The summed E-state index contributed by atoms with van der Waals surface area (Å²) in [6, 6.07) is 2.74. The summed E-state index contributed by atoms with van der Waals surface area (Å²) in [7, 11) is 2.03. The third-order valence-electron chi connectivity index (χ3n) is 4.47. The maximum atomic E-state index is 4.25. The first-order valence-electron chi connectivity index (χ1n) is 8.04. The summed E-state index contributed by atoms with van der Waals surface area (Å²) < 4.78 is 1.99. The van der Waals surface area contributed by atoms with Crippen molar-refractivity contribution in [1.82, 2.24) is 15.1 Å². The minimum Gasteiger partial charge on any atom is -0.314 e. The zero-order valence-corrected chi connectivity index (χ0v) is 14.2. The van der Waals surface area contributed by atoms with Crippen molar-refractivity contribution in [3.8, 4) is 0 Å². The van der Waals surface area contributed by atoms with Crippen LogP contribution in [0.3, 0.4) is 0 Å². The van der Waals surface area contributed by atoms with E-state index in [1.54, 1.807) is 0 Å². The molecule has 0 saturated heterocycles. The Hall–Kier alpha value is -0.830. The molecule has 0 aliphatic carbocycles. The van der Waals surface area contributed by atoms with E-state index in [1.165, 1.54) is 25.0 Å². The van der Waals surface area contributed by atoms with E-state index in [2.05, 4.69) is 51.1 Å². The monoisotopic (exact) mass is 279 g/mol. The first-order chi connectivity index (χ1) is 9.34. The predicted molar refractivity (Wildman–Crippen MR) is 86.8 cm³/mol. The fraction of sp³-hybridized carbons (Fsp3) is 0.824. The van der Waals surface area contributed by atoms with E-state index in [9.17, 15) is 0 Å². The van der Waals surface area contributed by atoms with Gasteiger partial charge in [-0.2, -0.15) is 5.10 Å². The second-order valence-electron chi connectivity index (χ2n) is 7.14. The predicted octanol–water partition coefficient (Wildman–Crippen LogP) is 3.79. The number of hydrogen-bond donors (Lipinski definition) is 1. The molecule has 1 N–H and O–H groups in total. The summed E-state index contributed by atoms with van der Waals surface area (Å²) in [5.74, 6) is 0.725. The van der Waals surface area contributed by atoms with Gasteiger partial charge in [0.15, 0.2) is 0 Å². The van der Waals surface area contributed by atoms with Gasteiger partial charge in [0.05, 0.1) is 0 Å². The Morgan fingerprint density at radius 2 is 2.05 bits per heavy atom. The molecule has 1 heterocycles. The molecule has 0 saturated carbocycles. The van der Waals surface area contributed by atoms with Crippen LogP contribution < -0.4 is 5.32 Å². The van der Waals surface area contributed by atoms with Crippen LogP contribution in [0.1, 0.15) is 59.6 Å². The maximum Gasteiger partial charge on any atom is 0.0492 e. The number of aryl methyl sites for hydroxylation is 2. The summed E-state index contributed by atoms with van der Waals surface area (Å²) in [5.41, 5.74) is 1.72. The van der Waals surface area contributed by atoms with Gasteiger partial charge >= 0.3 is 0 Å². The molecule has 0 amide bonds. The van der Waals surface area contributed by atoms with Crippen molar-refractivity contribution in [2.75, 3.05) is 6.54 Å². The molecule has 0 fully saturated rings. The van der Waals surface area contributed by atoms with E-state index < -0.39 is 0 Å². The molecule has 0 spiro atoms. The van der Waals surface area contributed by atoms with Gasteiger partial charge in [0.2, 0.25) is 0 Å². The van der Waals surface area contributed by atoms with Crippen molar-refractivity contribution in [2.45, 2.75) is 66.3 Å². The van der Waals surface area contributed by atoms with Crippen molar-refractivity contribution in [3.05, 3.63) is 18.0 Å². The lowest BCUT2D eigenvalue weighted by Gasteiger charge is -2.31. The van der Waals surface area contributed by atoms with Gasteiger partial charge in [-0.15, -0.1) is 0 Å². The molecule has 0 aliphatic rings. The van der Waals surface area contributed by atoms with Gasteiger partial charge in [0, 0.05) is 25.0 Å². The molecule has 3 nitrogen and oxygen atoms in total. The quantitative estimate of drug-likeness (QED) is 0.784. The summed E-state index contributed by atoms with van der Waals surface area (Å²) in [4.78, 5) is 0. The SMILES string of the molecule is CCCNC(CCc1ccnn1C)CC(C)C(C)(C)C. The van der Waals surface area contributed by atoms with E-state index >= 15 is 0 Å². The highest BCUT2D eigenvalue weighted by atomic mass is 15.2. The molecule has 20 heavy (non-hydrogen) atoms. The summed E-state index contributed by atoms with van der Waals surface area (Å²) >= 11 is 0. The zero-order chi connectivity index (χ0) is 15.2. The van der Waals surface area contributed by atoms with Crippen molar-refractivity contribution < 1.29 is 0 Å². The fourth-order valence-electron chi connectivity index (χ4n) is 2.40. The Labute approximate surface area is 125 Å². The molecule has 2 atom stereocenters. The average Bonchev–Trinajstić information content (AvgIpc) is 2.77. The topological polar surface area (TPSA) is 29.9 Å². The fourth-order valence-corrected chi connectivity index (χ4v) is 2.40. The zero-order valence-electron chi connectivity index (χ0n) is 14.2. The van der Waals surface area contributed by atoms with Crippen LogP contribution in [0.25, 0.3) is 0 Å². The Balaban J connectivity index is 2.53. The van der Waals surface area contributed by atoms with Crippen LogP contribution in [0.2, 0.25) is 0 Å². The highest BCUT2D eigenvalue weighted by Crippen LogP contribution is 2.29. The van der Waals surface area contributed by atoms with Gasteiger partial charge in [-0.05, 0) is 49.6 Å². The first kappa shape index (κ1) is 17.2. The Morgan fingerprint density at radius 1 is 1.35 bits per heavy atom. The lowest BCUT2D eigenvalue weighted by atomic mass is 9.78. The first-order valence-corrected chi connectivity index (χ1v) is 8.04. The molecular weight excluding hydrogens is 246 g/mol. The molecule has 0 aliphatic heterocycles. The third kappa shape index (κ3) is 5.66. The van der Waals surface area contributed by atoms with E-state index in [0.717, 1.165) is 18.9 Å². The summed E-state index contributed by atoms with van der Waals surface area (Å²) in [6.45, 7) is 12.8. The normalized spacial score (nSPS) is 15.3. The molecule has 1 rings (SSSR count). The van der Waals surface area contributed by atoms with Crippen LogP contribution in [-0.4, -0.2) is 22.4 Å². The van der Waals surface area contributed by atoms with Gasteiger partial charge in [-0.25, -0.2) is 0 Å². The van der Waals surface area contributed by atoms with Crippen molar-refractivity contribution >= 4 is 0 Å². The van der Waals surface area contributed by atoms with Crippen LogP contribution in [0.15, 0.2) is 12.3 Å². The highest BCUT2D eigenvalue weighted by molar-refractivity contribution is 5.00. The molecule has 1 aromatic rings. The second-order valence-corrected chi connectivity index (χ2v) is 7.14. The number of aromatic nitrogens is 2. The van der Waals surface area contributed by atoms with Gasteiger partial charge in [0.1, 0.15) is 0 Å². The van der Waals surface area contributed by atoms with Crippen LogP contribution in [0.4, 0.5) is 0 Å². The van der Waals surface area contributed by atoms with Crippen LogP contribution in [0, 0.1) is 11.3 Å². The Bertz CT molecular complexity index is 376. The number of nitrogens with one attached hydrogen (secondary N) is 1. The lowest BCUT2D eigenvalue weighted by molar-refractivity contribution is 0.218. The maximum absolute atomic E-state index is 4.25. The smallest absolute Gasteiger partial charge is 0.0492 e.